The predicted octanol–water partition coefficient (Wildman–Crippen LogP) is 2.51. The Kier molecular flexibility index (Phi) is 6.48. The van der Waals surface area contributed by atoms with Crippen molar-refractivity contribution >= 4 is 27.7 Å². The van der Waals surface area contributed by atoms with Crippen molar-refractivity contribution < 1.29 is 9.59 Å². The maximum absolute atomic E-state index is 12.4. The van der Waals surface area contributed by atoms with Crippen LogP contribution in [0.5, 0.6) is 0 Å². The van der Waals surface area contributed by atoms with Gasteiger partial charge >= 0.3 is 0 Å². The maximum atomic E-state index is 12.4. The molecule has 1 aromatic carbocycles. The molecule has 0 bridgehead atoms. The zero-order chi connectivity index (χ0) is 17.6. The molecule has 0 unspecified atom stereocenters. The van der Waals surface area contributed by atoms with Crippen LogP contribution < -0.4 is 5.32 Å². The number of carbonyl (C=O) groups is 2. The third-order valence-corrected chi connectivity index (χ3v) is 5.91. The van der Waals surface area contributed by atoms with Crippen molar-refractivity contribution in [2.24, 2.45) is 5.92 Å². The highest BCUT2D eigenvalue weighted by Gasteiger charge is 2.29. The fourth-order valence-corrected chi connectivity index (χ4v) is 4.16. The molecule has 1 saturated carbocycles. The molecular weight excluding hydrogens is 382 g/mol. The fourth-order valence-electron chi connectivity index (χ4n) is 3.69. The molecule has 6 heteroatoms. The molecule has 5 nitrogen and oxygen atoms in total. The van der Waals surface area contributed by atoms with Crippen molar-refractivity contribution in [3.05, 3.63) is 34.3 Å². The van der Waals surface area contributed by atoms with Crippen molar-refractivity contribution in [2.75, 3.05) is 39.3 Å². The molecule has 1 aliphatic heterocycles. The van der Waals surface area contributed by atoms with Gasteiger partial charge in [-0.25, -0.2) is 0 Å². The number of piperazine rings is 1. The highest BCUT2D eigenvalue weighted by Crippen LogP contribution is 2.26. The average Bonchev–Trinajstić information content (AvgIpc) is 3.16. The number of amides is 2. The van der Waals surface area contributed by atoms with Crippen molar-refractivity contribution in [2.45, 2.75) is 25.7 Å². The lowest BCUT2D eigenvalue weighted by molar-refractivity contribution is -0.137. The number of hydrogen-bond donors (Lipinski definition) is 1. The van der Waals surface area contributed by atoms with E-state index in [1.165, 1.54) is 12.8 Å². The van der Waals surface area contributed by atoms with Crippen molar-refractivity contribution in [3.63, 3.8) is 0 Å². The summed E-state index contributed by atoms with van der Waals surface area (Å²) in [5, 5.41) is 2.97. The lowest BCUT2D eigenvalue weighted by Crippen LogP contribution is -2.51. The van der Waals surface area contributed by atoms with Gasteiger partial charge in [0.25, 0.3) is 5.91 Å². The first kappa shape index (κ1) is 18.4. The molecule has 136 valence electrons. The van der Waals surface area contributed by atoms with Crippen LogP contribution in [0.4, 0.5) is 0 Å². The predicted molar refractivity (Wildman–Crippen MR) is 101 cm³/mol. The van der Waals surface area contributed by atoms with Crippen LogP contribution in [0, 0.1) is 5.92 Å². The molecule has 1 aromatic rings. The van der Waals surface area contributed by atoms with Gasteiger partial charge in [0.2, 0.25) is 5.91 Å². The number of carbonyl (C=O) groups excluding carboxylic acids is 2. The van der Waals surface area contributed by atoms with Gasteiger partial charge in [-0.2, -0.15) is 0 Å². The number of rotatable bonds is 5. The second-order valence-electron chi connectivity index (χ2n) is 6.88. The zero-order valence-corrected chi connectivity index (χ0v) is 16.1. The van der Waals surface area contributed by atoms with Gasteiger partial charge in [-0.1, -0.05) is 25.0 Å². The summed E-state index contributed by atoms with van der Waals surface area (Å²) in [5.41, 5.74) is 0.662. The monoisotopic (exact) mass is 407 g/mol. The van der Waals surface area contributed by atoms with Gasteiger partial charge < -0.3 is 10.2 Å². The zero-order valence-electron chi connectivity index (χ0n) is 14.5. The SMILES string of the molecule is O=C(NCCN1CCN(C(=O)C2CCCC2)CC1)c1ccccc1Br. The molecular formula is C19H26BrN3O2. The normalized spacial score (nSPS) is 19.2. The second kappa shape index (κ2) is 8.81. The van der Waals surface area contributed by atoms with E-state index in [1.807, 2.05) is 29.2 Å². The summed E-state index contributed by atoms with van der Waals surface area (Å²) in [4.78, 5) is 29.0. The van der Waals surface area contributed by atoms with Crippen LogP contribution in [0.1, 0.15) is 36.0 Å². The summed E-state index contributed by atoms with van der Waals surface area (Å²) < 4.78 is 0.812. The lowest BCUT2D eigenvalue weighted by atomic mass is 10.1. The Morgan fingerprint density at radius 2 is 1.76 bits per heavy atom. The van der Waals surface area contributed by atoms with Gasteiger partial charge in [0, 0.05) is 49.7 Å². The minimum absolute atomic E-state index is 0.0532. The molecule has 3 rings (SSSR count). The van der Waals surface area contributed by atoms with Crippen molar-refractivity contribution in [3.8, 4) is 0 Å². The molecule has 0 atom stereocenters. The van der Waals surface area contributed by atoms with Gasteiger partial charge in [0.1, 0.15) is 0 Å². The van der Waals surface area contributed by atoms with Gasteiger partial charge in [-0.3, -0.25) is 14.5 Å². The van der Waals surface area contributed by atoms with Crippen LogP contribution in [0.3, 0.4) is 0 Å². The fraction of sp³-hybridized carbons (Fsp3) is 0.579. The van der Waals surface area contributed by atoms with E-state index in [0.717, 1.165) is 50.0 Å². The smallest absolute Gasteiger partial charge is 0.252 e. The maximum Gasteiger partial charge on any atom is 0.252 e. The van der Waals surface area contributed by atoms with Crippen molar-refractivity contribution in [1.82, 2.24) is 15.1 Å². The molecule has 25 heavy (non-hydrogen) atoms. The number of benzene rings is 1. The molecule has 2 amide bonds. The third-order valence-electron chi connectivity index (χ3n) is 5.22. The summed E-state index contributed by atoms with van der Waals surface area (Å²) in [6.45, 7) is 4.85. The summed E-state index contributed by atoms with van der Waals surface area (Å²) in [6, 6.07) is 7.44. The molecule has 1 heterocycles. The number of hydrogen-bond acceptors (Lipinski definition) is 3. The second-order valence-corrected chi connectivity index (χ2v) is 7.74. The number of nitrogens with one attached hydrogen (secondary N) is 1. The molecule has 0 aromatic heterocycles. The summed E-state index contributed by atoms with van der Waals surface area (Å²) in [5.74, 6) is 0.581. The molecule has 1 N–H and O–H groups in total. The van der Waals surface area contributed by atoms with Crippen LogP contribution >= 0.6 is 15.9 Å². The summed E-state index contributed by atoms with van der Waals surface area (Å²) >= 11 is 3.40. The molecule has 0 spiro atoms. The molecule has 1 aliphatic carbocycles. The third kappa shape index (κ3) is 4.82. The van der Waals surface area contributed by atoms with E-state index < -0.39 is 0 Å². The Morgan fingerprint density at radius 3 is 2.44 bits per heavy atom. The Morgan fingerprint density at radius 1 is 1.08 bits per heavy atom. The highest BCUT2D eigenvalue weighted by molar-refractivity contribution is 9.10. The summed E-state index contributed by atoms with van der Waals surface area (Å²) in [7, 11) is 0. The van der Waals surface area contributed by atoms with Crippen LogP contribution in [0.2, 0.25) is 0 Å². The topological polar surface area (TPSA) is 52.7 Å². The van der Waals surface area contributed by atoms with Gasteiger partial charge in [0.05, 0.1) is 5.56 Å². The van der Waals surface area contributed by atoms with E-state index in [2.05, 4.69) is 26.1 Å². The molecule has 2 fully saturated rings. The van der Waals surface area contributed by atoms with E-state index >= 15 is 0 Å². The van der Waals surface area contributed by atoms with E-state index in [4.69, 9.17) is 0 Å². The highest BCUT2D eigenvalue weighted by atomic mass is 79.9. The number of halogens is 1. The van der Waals surface area contributed by atoms with E-state index in [1.54, 1.807) is 0 Å². The molecule has 2 aliphatic rings. The lowest BCUT2D eigenvalue weighted by Gasteiger charge is -2.36. The first-order chi connectivity index (χ1) is 12.1. The first-order valence-electron chi connectivity index (χ1n) is 9.19. The van der Waals surface area contributed by atoms with Crippen molar-refractivity contribution in [1.29, 1.82) is 0 Å². The minimum atomic E-state index is -0.0532. The Hall–Kier alpha value is -1.40. The molecule has 1 saturated heterocycles. The van der Waals surface area contributed by atoms with Gasteiger partial charge in [-0.05, 0) is 40.9 Å². The Bertz CT molecular complexity index is 608. The van der Waals surface area contributed by atoms with Crippen LogP contribution in [-0.2, 0) is 4.79 Å². The number of nitrogens with zero attached hydrogens (tertiary/aromatic N) is 2. The largest absolute Gasteiger partial charge is 0.351 e. The Balaban J connectivity index is 1.37. The van der Waals surface area contributed by atoms with Gasteiger partial charge in [0.15, 0.2) is 0 Å². The van der Waals surface area contributed by atoms with E-state index in [9.17, 15) is 9.59 Å². The average molecular weight is 408 g/mol. The quantitative estimate of drug-likeness (QED) is 0.815. The van der Waals surface area contributed by atoms with Crippen LogP contribution in [0.15, 0.2) is 28.7 Å². The van der Waals surface area contributed by atoms with Gasteiger partial charge in [-0.15, -0.1) is 0 Å². The van der Waals surface area contributed by atoms with Crippen LogP contribution in [-0.4, -0.2) is 60.9 Å². The summed E-state index contributed by atoms with van der Waals surface area (Å²) in [6.07, 6.45) is 4.54. The Labute approximate surface area is 157 Å². The van der Waals surface area contributed by atoms with E-state index in [0.29, 0.717) is 18.0 Å². The van der Waals surface area contributed by atoms with Crippen LogP contribution in [0.25, 0.3) is 0 Å². The standard InChI is InChI=1S/C19H26BrN3O2/c20-17-8-4-3-7-16(17)18(24)21-9-10-22-11-13-23(14-12-22)19(25)15-5-1-2-6-15/h3-4,7-8,15H,1-2,5-6,9-14H2,(H,21,24). The minimum Gasteiger partial charge on any atom is -0.351 e. The first-order valence-corrected chi connectivity index (χ1v) is 9.98. The van der Waals surface area contributed by atoms with E-state index in [-0.39, 0.29) is 11.8 Å². The molecule has 0 radical (unpaired) electrons.